The number of carbonyl (C=O) groups is 1. The van der Waals surface area contributed by atoms with Crippen LogP contribution in [0.15, 0.2) is 42.5 Å². The zero-order chi connectivity index (χ0) is 18.0. The molecule has 1 atom stereocenters. The molecule has 132 valence electrons. The van der Waals surface area contributed by atoms with E-state index in [9.17, 15) is 9.18 Å². The Kier molecular flexibility index (Phi) is 4.80. The molecule has 1 amide bonds. The summed E-state index contributed by atoms with van der Waals surface area (Å²) >= 11 is 0. The molecule has 1 heterocycles. The van der Waals surface area contributed by atoms with E-state index >= 15 is 0 Å². The number of hydrogen-bond donors (Lipinski definition) is 1. The summed E-state index contributed by atoms with van der Waals surface area (Å²) in [6, 6.07) is 12.3. The number of ether oxygens (including phenoxy) is 1. The maximum Gasteiger partial charge on any atom is 0.220 e. The van der Waals surface area contributed by atoms with Gasteiger partial charge in [0.15, 0.2) is 0 Å². The molecule has 0 fully saturated rings. The van der Waals surface area contributed by atoms with Gasteiger partial charge in [-0.1, -0.05) is 29.8 Å². The summed E-state index contributed by atoms with van der Waals surface area (Å²) in [4.78, 5) is 12.4. The molecular formula is C21H24FNO2. The molecule has 1 aliphatic rings. The molecule has 0 saturated carbocycles. The Morgan fingerprint density at radius 3 is 2.68 bits per heavy atom. The maximum absolute atomic E-state index is 12.9. The fraction of sp³-hybridized carbons (Fsp3) is 0.381. The second-order valence-electron chi connectivity index (χ2n) is 7.35. The lowest BCUT2D eigenvalue weighted by Crippen LogP contribution is -2.41. The number of aryl methyl sites for hydroxylation is 2. The van der Waals surface area contributed by atoms with Gasteiger partial charge >= 0.3 is 0 Å². The number of fused-ring (bicyclic) bond motifs is 1. The van der Waals surface area contributed by atoms with Crippen LogP contribution in [0.5, 0.6) is 5.75 Å². The van der Waals surface area contributed by atoms with Crippen molar-refractivity contribution in [2.45, 2.75) is 51.7 Å². The van der Waals surface area contributed by atoms with Gasteiger partial charge in [0.2, 0.25) is 5.91 Å². The largest absolute Gasteiger partial charge is 0.487 e. The summed E-state index contributed by atoms with van der Waals surface area (Å²) in [6.45, 7) is 6.11. The van der Waals surface area contributed by atoms with Crippen molar-refractivity contribution in [3.8, 4) is 5.75 Å². The van der Waals surface area contributed by atoms with E-state index in [1.54, 1.807) is 12.1 Å². The Labute approximate surface area is 148 Å². The van der Waals surface area contributed by atoms with E-state index in [2.05, 4.69) is 11.4 Å². The molecular weight excluding hydrogens is 317 g/mol. The van der Waals surface area contributed by atoms with Gasteiger partial charge in [0, 0.05) is 18.4 Å². The predicted octanol–water partition coefficient (Wildman–Crippen LogP) is 4.49. The first kappa shape index (κ1) is 17.5. The molecule has 0 aliphatic carbocycles. The first-order valence-corrected chi connectivity index (χ1v) is 8.66. The summed E-state index contributed by atoms with van der Waals surface area (Å²) in [5.74, 6) is 0.579. The Morgan fingerprint density at radius 1 is 1.24 bits per heavy atom. The standard InChI is InChI=1S/C21H24FNO2/c1-14-4-10-19-17(12-14)18(13-21(2,3)25-19)23-20(24)11-7-15-5-8-16(22)9-6-15/h4-6,8-10,12,18H,7,11,13H2,1-3H3,(H,23,24). The van der Waals surface area contributed by atoms with Gasteiger partial charge in [0.25, 0.3) is 0 Å². The van der Waals surface area contributed by atoms with E-state index in [4.69, 9.17) is 4.74 Å². The lowest BCUT2D eigenvalue weighted by atomic mass is 9.89. The van der Waals surface area contributed by atoms with Gasteiger partial charge in [-0.05, 0) is 51.0 Å². The molecule has 0 spiro atoms. The van der Waals surface area contributed by atoms with E-state index in [1.165, 1.54) is 12.1 Å². The lowest BCUT2D eigenvalue weighted by molar-refractivity contribution is -0.122. The molecule has 3 rings (SSSR count). The topological polar surface area (TPSA) is 38.3 Å². The second kappa shape index (κ2) is 6.87. The number of rotatable bonds is 4. The summed E-state index contributed by atoms with van der Waals surface area (Å²) < 4.78 is 19.0. The van der Waals surface area contributed by atoms with E-state index in [0.717, 1.165) is 28.9 Å². The highest BCUT2D eigenvalue weighted by Gasteiger charge is 2.34. The number of nitrogens with one attached hydrogen (secondary N) is 1. The minimum atomic E-state index is -0.322. The second-order valence-corrected chi connectivity index (χ2v) is 7.35. The average molecular weight is 341 g/mol. The Bertz CT molecular complexity index is 768. The number of amides is 1. The first-order valence-electron chi connectivity index (χ1n) is 8.66. The summed E-state index contributed by atoms with van der Waals surface area (Å²) in [6.07, 6.45) is 1.70. The molecule has 0 saturated heterocycles. The van der Waals surface area contributed by atoms with Crippen LogP contribution >= 0.6 is 0 Å². The van der Waals surface area contributed by atoms with Crippen molar-refractivity contribution < 1.29 is 13.9 Å². The van der Waals surface area contributed by atoms with Crippen molar-refractivity contribution in [3.63, 3.8) is 0 Å². The maximum atomic E-state index is 12.9. The van der Waals surface area contributed by atoms with Crippen molar-refractivity contribution in [1.29, 1.82) is 0 Å². The van der Waals surface area contributed by atoms with Crippen LogP contribution in [0.3, 0.4) is 0 Å². The van der Waals surface area contributed by atoms with Crippen LogP contribution in [0.2, 0.25) is 0 Å². The molecule has 0 radical (unpaired) electrons. The average Bonchev–Trinajstić information content (AvgIpc) is 2.54. The Morgan fingerprint density at radius 2 is 1.96 bits per heavy atom. The first-order chi connectivity index (χ1) is 11.8. The van der Waals surface area contributed by atoms with Crippen LogP contribution in [0.4, 0.5) is 4.39 Å². The minimum Gasteiger partial charge on any atom is -0.487 e. The van der Waals surface area contributed by atoms with E-state index in [0.29, 0.717) is 12.8 Å². The van der Waals surface area contributed by atoms with Crippen molar-refractivity contribution in [1.82, 2.24) is 5.32 Å². The third kappa shape index (κ3) is 4.38. The van der Waals surface area contributed by atoms with Crippen LogP contribution in [0.25, 0.3) is 0 Å². The van der Waals surface area contributed by atoms with Crippen LogP contribution in [-0.2, 0) is 11.2 Å². The van der Waals surface area contributed by atoms with Crippen LogP contribution in [0.1, 0.15) is 49.4 Å². The zero-order valence-electron chi connectivity index (χ0n) is 14.9. The van der Waals surface area contributed by atoms with Crippen molar-refractivity contribution in [3.05, 3.63) is 65.0 Å². The summed E-state index contributed by atoms with van der Waals surface area (Å²) in [5, 5.41) is 3.15. The van der Waals surface area contributed by atoms with Crippen molar-refractivity contribution in [2.75, 3.05) is 0 Å². The SMILES string of the molecule is Cc1ccc2c(c1)C(NC(=O)CCc1ccc(F)cc1)CC(C)(C)O2. The molecule has 2 aromatic carbocycles. The molecule has 3 nitrogen and oxygen atoms in total. The quantitative estimate of drug-likeness (QED) is 0.890. The van der Waals surface area contributed by atoms with Crippen LogP contribution in [0, 0.1) is 12.7 Å². The smallest absolute Gasteiger partial charge is 0.220 e. The van der Waals surface area contributed by atoms with Crippen LogP contribution < -0.4 is 10.1 Å². The molecule has 2 aromatic rings. The van der Waals surface area contributed by atoms with Gasteiger partial charge in [-0.2, -0.15) is 0 Å². The molecule has 1 aliphatic heterocycles. The monoisotopic (exact) mass is 341 g/mol. The Hall–Kier alpha value is -2.36. The number of hydrogen-bond acceptors (Lipinski definition) is 2. The third-order valence-corrected chi connectivity index (χ3v) is 4.51. The van der Waals surface area contributed by atoms with E-state index in [1.807, 2.05) is 32.9 Å². The van der Waals surface area contributed by atoms with Gasteiger partial charge in [-0.25, -0.2) is 4.39 Å². The van der Waals surface area contributed by atoms with E-state index < -0.39 is 0 Å². The number of halogens is 1. The van der Waals surface area contributed by atoms with Gasteiger partial charge < -0.3 is 10.1 Å². The van der Waals surface area contributed by atoms with E-state index in [-0.39, 0.29) is 23.4 Å². The Balaban J connectivity index is 1.68. The lowest BCUT2D eigenvalue weighted by Gasteiger charge is -2.38. The highest BCUT2D eigenvalue weighted by atomic mass is 19.1. The van der Waals surface area contributed by atoms with Gasteiger partial charge in [-0.3, -0.25) is 4.79 Å². The normalized spacial score (nSPS) is 18.2. The van der Waals surface area contributed by atoms with Crippen LogP contribution in [-0.4, -0.2) is 11.5 Å². The van der Waals surface area contributed by atoms with Gasteiger partial charge in [-0.15, -0.1) is 0 Å². The molecule has 25 heavy (non-hydrogen) atoms. The molecule has 1 N–H and O–H groups in total. The third-order valence-electron chi connectivity index (χ3n) is 4.51. The van der Waals surface area contributed by atoms with Crippen molar-refractivity contribution in [2.24, 2.45) is 0 Å². The molecule has 1 unspecified atom stereocenters. The molecule has 4 heteroatoms. The fourth-order valence-corrected chi connectivity index (χ4v) is 3.28. The highest BCUT2D eigenvalue weighted by molar-refractivity contribution is 5.77. The zero-order valence-corrected chi connectivity index (χ0v) is 14.9. The molecule has 0 bridgehead atoms. The van der Waals surface area contributed by atoms with Gasteiger partial charge in [0.1, 0.15) is 17.2 Å². The molecule has 0 aromatic heterocycles. The summed E-state index contributed by atoms with van der Waals surface area (Å²) in [7, 11) is 0. The van der Waals surface area contributed by atoms with Gasteiger partial charge in [0.05, 0.1) is 6.04 Å². The number of carbonyl (C=O) groups excluding carboxylic acids is 1. The minimum absolute atomic E-state index is 0.000480. The fourth-order valence-electron chi connectivity index (χ4n) is 3.28. The predicted molar refractivity (Wildman–Crippen MR) is 96.1 cm³/mol. The number of benzene rings is 2. The summed E-state index contributed by atoms with van der Waals surface area (Å²) in [5.41, 5.74) is 2.82. The highest BCUT2D eigenvalue weighted by Crippen LogP contribution is 2.39. The van der Waals surface area contributed by atoms with Crippen molar-refractivity contribution >= 4 is 5.91 Å².